The molecule has 2 heterocycles. The number of carbonyl (C=O) groups excluding carboxylic acids is 1. The quantitative estimate of drug-likeness (QED) is 0.748. The van der Waals surface area contributed by atoms with Gasteiger partial charge in [0.15, 0.2) is 0 Å². The number of rotatable bonds is 3. The molecule has 1 amide bonds. The first-order valence-corrected chi connectivity index (χ1v) is 6.40. The Hall–Kier alpha value is -1.50. The average molecular weight is 264 g/mol. The number of hydrogen-bond donors (Lipinski definition) is 2. The molecule has 1 saturated heterocycles. The first kappa shape index (κ1) is 13.9. The first-order chi connectivity index (χ1) is 9.09. The summed E-state index contributed by atoms with van der Waals surface area (Å²) in [5, 5.41) is 10.1. The summed E-state index contributed by atoms with van der Waals surface area (Å²) in [5.41, 5.74) is 6.50. The number of nitrogens with zero attached hydrogens (tertiary/aromatic N) is 3. The molecule has 19 heavy (non-hydrogen) atoms. The van der Waals surface area contributed by atoms with Crippen molar-refractivity contribution in [1.29, 1.82) is 0 Å². The fraction of sp³-hybridized carbons (Fsp3) is 0.538. The zero-order chi connectivity index (χ0) is 13.8. The predicted octanol–water partition coefficient (Wildman–Crippen LogP) is -0.784. The van der Waals surface area contributed by atoms with Crippen molar-refractivity contribution in [3.8, 4) is 0 Å². The maximum atomic E-state index is 12.2. The fourth-order valence-electron chi connectivity index (χ4n) is 2.14. The van der Waals surface area contributed by atoms with Gasteiger partial charge in [-0.15, -0.1) is 0 Å². The van der Waals surface area contributed by atoms with Crippen LogP contribution in [-0.4, -0.2) is 65.1 Å². The van der Waals surface area contributed by atoms with Gasteiger partial charge in [0.25, 0.3) is 0 Å². The van der Waals surface area contributed by atoms with Crippen molar-refractivity contribution in [2.45, 2.75) is 12.1 Å². The molecule has 104 valence electrons. The van der Waals surface area contributed by atoms with Crippen molar-refractivity contribution in [3.63, 3.8) is 0 Å². The van der Waals surface area contributed by atoms with E-state index in [1.54, 1.807) is 29.4 Å². The Morgan fingerprint density at radius 2 is 1.89 bits per heavy atom. The summed E-state index contributed by atoms with van der Waals surface area (Å²) < 4.78 is 0. The normalized spacial score (nSPS) is 20.1. The van der Waals surface area contributed by atoms with Gasteiger partial charge in [0.2, 0.25) is 5.91 Å². The van der Waals surface area contributed by atoms with E-state index in [0.717, 1.165) is 13.1 Å². The summed E-state index contributed by atoms with van der Waals surface area (Å²) in [6.45, 7) is 2.99. The number of carbonyl (C=O) groups is 1. The molecule has 1 aliphatic rings. The van der Waals surface area contributed by atoms with E-state index in [9.17, 15) is 9.90 Å². The summed E-state index contributed by atoms with van der Waals surface area (Å²) in [5.74, 6) is -0.197. The number of aliphatic hydroxyl groups is 1. The summed E-state index contributed by atoms with van der Waals surface area (Å²) in [6.07, 6.45) is 2.16. The zero-order valence-electron chi connectivity index (χ0n) is 11.1. The number of piperazine rings is 1. The van der Waals surface area contributed by atoms with Crippen LogP contribution in [0.25, 0.3) is 0 Å². The third-order valence-electron chi connectivity index (χ3n) is 3.49. The average Bonchev–Trinajstić information content (AvgIpc) is 2.46. The van der Waals surface area contributed by atoms with Crippen molar-refractivity contribution in [3.05, 3.63) is 30.1 Å². The minimum atomic E-state index is -0.991. The molecule has 0 aliphatic carbocycles. The highest BCUT2D eigenvalue weighted by Crippen LogP contribution is 2.16. The molecule has 0 spiro atoms. The van der Waals surface area contributed by atoms with Gasteiger partial charge in [0.1, 0.15) is 12.1 Å². The minimum absolute atomic E-state index is 0.197. The van der Waals surface area contributed by atoms with Crippen molar-refractivity contribution >= 4 is 5.91 Å². The number of pyridine rings is 1. The Morgan fingerprint density at radius 1 is 1.32 bits per heavy atom. The first-order valence-electron chi connectivity index (χ1n) is 6.40. The Labute approximate surface area is 112 Å². The van der Waals surface area contributed by atoms with Crippen LogP contribution in [0.3, 0.4) is 0 Å². The molecule has 1 aromatic heterocycles. The molecule has 1 fully saturated rings. The van der Waals surface area contributed by atoms with E-state index in [-0.39, 0.29) is 5.91 Å². The summed E-state index contributed by atoms with van der Waals surface area (Å²) in [6, 6.07) is 2.41. The number of amides is 1. The van der Waals surface area contributed by atoms with Crippen LogP contribution in [0.5, 0.6) is 0 Å². The van der Waals surface area contributed by atoms with Crippen molar-refractivity contribution in [1.82, 2.24) is 14.8 Å². The third-order valence-corrected chi connectivity index (χ3v) is 3.49. The molecule has 2 rings (SSSR count). The smallest absolute Gasteiger partial charge is 0.242 e. The van der Waals surface area contributed by atoms with E-state index in [1.807, 2.05) is 7.05 Å². The number of hydrogen-bond acceptors (Lipinski definition) is 5. The van der Waals surface area contributed by atoms with Gasteiger partial charge in [-0.2, -0.15) is 0 Å². The van der Waals surface area contributed by atoms with Gasteiger partial charge in [-0.1, -0.05) is 0 Å². The second-order valence-electron chi connectivity index (χ2n) is 4.88. The molecule has 3 N–H and O–H groups in total. The van der Waals surface area contributed by atoms with Crippen LogP contribution in [0.2, 0.25) is 0 Å². The topological polar surface area (TPSA) is 82.7 Å². The molecule has 0 aromatic carbocycles. The molecule has 2 atom stereocenters. The number of aromatic nitrogens is 1. The lowest BCUT2D eigenvalue weighted by Gasteiger charge is -2.34. The van der Waals surface area contributed by atoms with Crippen LogP contribution in [-0.2, 0) is 4.79 Å². The van der Waals surface area contributed by atoms with Crippen molar-refractivity contribution in [2.24, 2.45) is 5.73 Å². The Morgan fingerprint density at radius 3 is 2.47 bits per heavy atom. The van der Waals surface area contributed by atoms with E-state index < -0.39 is 12.1 Å². The van der Waals surface area contributed by atoms with Crippen LogP contribution in [0.15, 0.2) is 24.5 Å². The molecule has 6 heteroatoms. The second-order valence-corrected chi connectivity index (χ2v) is 4.88. The van der Waals surface area contributed by atoms with Gasteiger partial charge in [-0.05, 0) is 24.7 Å². The van der Waals surface area contributed by atoms with Gasteiger partial charge in [0, 0.05) is 38.6 Å². The molecule has 6 nitrogen and oxygen atoms in total. The number of nitrogens with two attached hydrogens (primary N) is 1. The highest BCUT2D eigenvalue weighted by molar-refractivity contribution is 5.82. The van der Waals surface area contributed by atoms with E-state index >= 15 is 0 Å². The Bertz CT molecular complexity index is 418. The lowest BCUT2D eigenvalue weighted by atomic mass is 10.0. The predicted molar refractivity (Wildman–Crippen MR) is 71.2 cm³/mol. The highest BCUT2D eigenvalue weighted by Gasteiger charge is 2.29. The molecular weight excluding hydrogens is 244 g/mol. The SMILES string of the molecule is CN1CCN(C(=O)[C@H](N)[C@@H](O)c2ccncc2)CC1. The Kier molecular flexibility index (Phi) is 4.47. The van der Waals surface area contributed by atoms with Crippen molar-refractivity contribution in [2.75, 3.05) is 33.2 Å². The maximum Gasteiger partial charge on any atom is 0.242 e. The van der Waals surface area contributed by atoms with E-state index in [4.69, 9.17) is 5.73 Å². The summed E-state index contributed by atoms with van der Waals surface area (Å²) in [7, 11) is 2.02. The van der Waals surface area contributed by atoms with Crippen LogP contribution < -0.4 is 5.73 Å². The molecule has 1 aliphatic heterocycles. The summed E-state index contributed by atoms with van der Waals surface area (Å²) in [4.78, 5) is 20.0. The molecule has 0 radical (unpaired) electrons. The van der Waals surface area contributed by atoms with Gasteiger partial charge < -0.3 is 20.6 Å². The molecular formula is C13H20N4O2. The molecule has 0 bridgehead atoms. The van der Waals surface area contributed by atoms with Gasteiger partial charge in [-0.3, -0.25) is 9.78 Å². The standard InChI is InChI=1S/C13H20N4O2/c1-16-6-8-17(9-7-16)13(19)11(14)12(18)10-2-4-15-5-3-10/h2-5,11-12,18H,6-9,14H2,1H3/t11-,12+/m1/s1. The maximum absolute atomic E-state index is 12.2. The molecule has 0 saturated carbocycles. The third kappa shape index (κ3) is 3.28. The van der Waals surface area contributed by atoms with E-state index in [0.29, 0.717) is 18.7 Å². The lowest BCUT2D eigenvalue weighted by Crippen LogP contribution is -2.53. The largest absolute Gasteiger partial charge is 0.386 e. The fourth-order valence-corrected chi connectivity index (χ4v) is 2.14. The zero-order valence-corrected chi connectivity index (χ0v) is 11.1. The minimum Gasteiger partial charge on any atom is -0.386 e. The second kappa shape index (κ2) is 6.10. The van der Waals surface area contributed by atoms with Gasteiger partial charge >= 0.3 is 0 Å². The van der Waals surface area contributed by atoms with Crippen molar-refractivity contribution < 1.29 is 9.90 Å². The molecule has 1 aromatic rings. The van der Waals surface area contributed by atoms with Crippen LogP contribution in [0, 0.1) is 0 Å². The number of likely N-dealkylation sites (N-methyl/N-ethyl adjacent to an activating group) is 1. The van der Waals surface area contributed by atoms with Crippen LogP contribution in [0.1, 0.15) is 11.7 Å². The van der Waals surface area contributed by atoms with Gasteiger partial charge in [-0.25, -0.2) is 0 Å². The van der Waals surface area contributed by atoms with Gasteiger partial charge in [0.05, 0.1) is 0 Å². The lowest BCUT2D eigenvalue weighted by molar-refractivity contribution is -0.136. The number of aliphatic hydroxyl groups excluding tert-OH is 1. The highest BCUT2D eigenvalue weighted by atomic mass is 16.3. The monoisotopic (exact) mass is 264 g/mol. The Balaban J connectivity index is 1.99. The van der Waals surface area contributed by atoms with E-state index in [1.165, 1.54) is 0 Å². The molecule has 0 unspecified atom stereocenters. The van der Waals surface area contributed by atoms with Crippen LogP contribution >= 0.6 is 0 Å². The van der Waals surface area contributed by atoms with E-state index in [2.05, 4.69) is 9.88 Å². The van der Waals surface area contributed by atoms with Crippen LogP contribution in [0.4, 0.5) is 0 Å². The summed E-state index contributed by atoms with van der Waals surface area (Å²) >= 11 is 0.